The zero-order valence-electron chi connectivity index (χ0n) is 11.0. The quantitative estimate of drug-likeness (QED) is 0.733. The van der Waals surface area contributed by atoms with Crippen molar-refractivity contribution in [2.45, 2.75) is 66.1 Å². The van der Waals surface area contributed by atoms with Crippen molar-refractivity contribution in [3.8, 4) is 0 Å². The van der Waals surface area contributed by atoms with Gasteiger partial charge in [0.05, 0.1) is 0 Å². The van der Waals surface area contributed by atoms with Crippen molar-refractivity contribution in [2.75, 3.05) is 13.1 Å². The van der Waals surface area contributed by atoms with Crippen LogP contribution in [-0.4, -0.2) is 35.6 Å². The van der Waals surface area contributed by atoms with Gasteiger partial charge in [-0.3, -0.25) is 4.90 Å². The van der Waals surface area contributed by atoms with Gasteiger partial charge in [-0.05, 0) is 48.5 Å². The molecule has 0 radical (unpaired) electrons. The van der Waals surface area contributed by atoms with E-state index in [2.05, 4.69) is 58.7 Å². The van der Waals surface area contributed by atoms with Gasteiger partial charge in [0.15, 0.2) is 0 Å². The molecule has 0 heterocycles. The Morgan fingerprint density at radius 3 is 1.71 bits per heavy atom. The molecule has 0 aliphatic heterocycles. The number of hydrogen-bond donors (Lipinski definition) is 1. The molecule has 0 aromatic carbocycles. The maximum absolute atomic E-state index is 3.52. The molecule has 0 amide bonds. The van der Waals surface area contributed by atoms with Gasteiger partial charge in [-0.15, -0.1) is 0 Å². The Bertz CT molecular complexity index is 137. The topological polar surface area (TPSA) is 15.3 Å². The molecule has 2 nitrogen and oxygen atoms in total. The maximum atomic E-state index is 3.52. The van der Waals surface area contributed by atoms with Gasteiger partial charge in [-0.2, -0.15) is 0 Å². The maximum Gasteiger partial charge on any atom is 0.0112 e. The van der Waals surface area contributed by atoms with E-state index < -0.39 is 0 Å². The molecular formula is C12H28N2. The van der Waals surface area contributed by atoms with Gasteiger partial charge >= 0.3 is 0 Å². The summed E-state index contributed by atoms with van der Waals surface area (Å²) in [5, 5.41) is 3.52. The van der Waals surface area contributed by atoms with E-state index in [0.717, 1.165) is 13.1 Å². The summed E-state index contributed by atoms with van der Waals surface area (Å²) < 4.78 is 0. The molecule has 0 aromatic rings. The Morgan fingerprint density at radius 1 is 1.00 bits per heavy atom. The van der Waals surface area contributed by atoms with Crippen LogP contribution < -0.4 is 5.32 Å². The van der Waals surface area contributed by atoms with Crippen molar-refractivity contribution >= 4 is 0 Å². The first kappa shape index (κ1) is 13.9. The second kappa shape index (κ2) is 5.72. The van der Waals surface area contributed by atoms with Gasteiger partial charge in [0.2, 0.25) is 0 Å². The first-order valence-corrected chi connectivity index (χ1v) is 5.75. The van der Waals surface area contributed by atoms with Gasteiger partial charge < -0.3 is 5.32 Å². The Kier molecular flexibility index (Phi) is 5.68. The Morgan fingerprint density at radius 2 is 1.43 bits per heavy atom. The SMILES string of the molecule is CC(C)N(CCNC(C)(C)C)C(C)C. The molecule has 0 unspecified atom stereocenters. The fourth-order valence-electron chi connectivity index (χ4n) is 1.67. The number of nitrogens with zero attached hydrogens (tertiary/aromatic N) is 1. The highest BCUT2D eigenvalue weighted by atomic mass is 15.2. The van der Waals surface area contributed by atoms with Gasteiger partial charge in [-0.1, -0.05) is 0 Å². The molecule has 0 aliphatic carbocycles. The Balaban J connectivity index is 3.84. The van der Waals surface area contributed by atoms with E-state index in [0.29, 0.717) is 12.1 Å². The molecule has 0 atom stereocenters. The predicted octanol–water partition coefficient (Wildman–Crippen LogP) is 2.49. The monoisotopic (exact) mass is 200 g/mol. The highest BCUT2D eigenvalue weighted by molar-refractivity contribution is 4.73. The number of rotatable bonds is 5. The van der Waals surface area contributed by atoms with E-state index >= 15 is 0 Å². The molecule has 0 fully saturated rings. The van der Waals surface area contributed by atoms with Crippen molar-refractivity contribution in [2.24, 2.45) is 0 Å². The average Bonchev–Trinajstić information content (AvgIpc) is 1.94. The fourth-order valence-corrected chi connectivity index (χ4v) is 1.67. The highest BCUT2D eigenvalue weighted by Gasteiger charge is 2.14. The third-order valence-electron chi connectivity index (χ3n) is 2.35. The number of hydrogen-bond acceptors (Lipinski definition) is 2. The van der Waals surface area contributed by atoms with Crippen LogP contribution >= 0.6 is 0 Å². The molecule has 0 rings (SSSR count). The Hall–Kier alpha value is -0.0800. The van der Waals surface area contributed by atoms with E-state index in [4.69, 9.17) is 0 Å². The van der Waals surface area contributed by atoms with Gasteiger partial charge in [0, 0.05) is 30.7 Å². The summed E-state index contributed by atoms with van der Waals surface area (Å²) in [6.07, 6.45) is 0. The lowest BCUT2D eigenvalue weighted by Gasteiger charge is -2.32. The lowest BCUT2D eigenvalue weighted by molar-refractivity contribution is 0.171. The zero-order chi connectivity index (χ0) is 11.4. The van der Waals surface area contributed by atoms with Gasteiger partial charge in [0.1, 0.15) is 0 Å². The van der Waals surface area contributed by atoms with Crippen LogP contribution in [0.25, 0.3) is 0 Å². The van der Waals surface area contributed by atoms with Gasteiger partial charge in [-0.25, -0.2) is 0 Å². The van der Waals surface area contributed by atoms with Crippen LogP contribution in [0.2, 0.25) is 0 Å². The summed E-state index contributed by atoms with van der Waals surface area (Å²) in [6, 6.07) is 1.27. The van der Waals surface area contributed by atoms with E-state index in [9.17, 15) is 0 Å². The second-order valence-electron chi connectivity index (χ2n) is 5.60. The summed E-state index contributed by atoms with van der Waals surface area (Å²) in [5.41, 5.74) is 0.236. The minimum atomic E-state index is 0.236. The van der Waals surface area contributed by atoms with Gasteiger partial charge in [0.25, 0.3) is 0 Å². The summed E-state index contributed by atoms with van der Waals surface area (Å²) in [7, 11) is 0. The summed E-state index contributed by atoms with van der Waals surface area (Å²) >= 11 is 0. The van der Waals surface area contributed by atoms with Crippen LogP contribution in [-0.2, 0) is 0 Å². The van der Waals surface area contributed by atoms with Crippen molar-refractivity contribution < 1.29 is 0 Å². The molecule has 0 bridgehead atoms. The smallest absolute Gasteiger partial charge is 0.0112 e. The third kappa shape index (κ3) is 6.39. The van der Waals surface area contributed by atoms with E-state index in [-0.39, 0.29) is 5.54 Å². The first-order valence-electron chi connectivity index (χ1n) is 5.75. The van der Waals surface area contributed by atoms with Crippen LogP contribution in [0.15, 0.2) is 0 Å². The van der Waals surface area contributed by atoms with Crippen LogP contribution in [0.1, 0.15) is 48.5 Å². The molecule has 86 valence electrons. The van der Waals surface area contributed by atoms with Crippen molar-refractivity contribution in [1.82, 2.24) is 10.2 Å². The van der Waals surface area contributed by atoms with E-state index in [1.807, 2.05) is 0 Å². The van der Waals surface area contributed by atoms with Crippen molar-refractivity contribution in [1.29, 1.82) is 0 Å². The highest BCUT2D eigenvalue weighted by Crippen LogP contribution is 2.04. The minimum absolute atomic E-state index is 0.236. The molecule has 0 spiro atoms. The van der Waals surface area contributed by atoms with Crippen LogP contribution in [0.5, 0.6) is 0 Å². The third-order valence-corrected chi connectivity index (χ3v) is 2.35. The van der Waals surface area contributed by atoms with Crippen molar-refractivity contribution in [3.63, 3.8) is 0 Å². The molecule has 0 saturated carbocycles. The molecule has 1 N–H and O–H groups in total. The van der Waals surface area contributed by atoms with Crippen LogP contribution in [0, 0.1) is 0 Å². The fraction of sp³-hybridized carbons (Fsp3) is 1.00. The predicted molar refractivity (Wildman–Crippen MR) is 64.7 cm³/mol. The average molecular weight is 200 g/mol. The molecule has 0 aromatic heterocycles. The van der Waals surface area contributed by atoms with E-state index in [1.165, 1.54) is 0 Å². The lowest BCUT2D eigenvalue weighted by Crippen LogP contribution is -2.45. The second-order valence-corrected chi connectivity index (χ2v) is 5.60. The number of nitrogens with one attached hydrogen (secondary N) is 1. The summed E-state index contributed by atoms with van der Waals surface area (Å²) in [5.74, 6) is 0. The zero-order valence-corrected chi connectivity index (χ0v) is 11.0. The first-order chi connectivity index (χ1) is 6.24. The van der Waals surface area contributed by atoms with E-state index in [1.54, 1.807) is 0 Å². The normalized spacial score (nSPS) is 13.3. The summed E-state index contributed by atoms with van der Waals surface area (Å²) in [6.45, 7) is 17.9. The molecule has 0 saturated heterocycles. The summed E-state index contributed by atoms with van der Waals surface area (Å²) in [4.78, 5) is 2.51. The Labute approximate surface area is 90.1 Å². The minimum Gasteiger partial charge on any atom is -0.311 e. The molecular weight excluding hydrogens is 172 g/mol. The molecule has 0 aliphatic rings. The lowest BCUT2D eigenvalue weighted by atomic mass is 10.1. The largest absolute Gasteiger partial charge is 0.311 e. The van der Waals surface area contributed by atoms with Crippen molar-refractivity contribution in [3.05, 3.63) is 0 Å². The standard InChI is InChI=1S/C12H28N2/c1-10(2)14(11(3)4)9-8-13-12(5,6)7/h10-11,13H,8-9H2,1-7H3. The molecule has 14 heavy (non-hydrogen) atoms. The van der Waals surface area contributed by atoms with Crippen LogP contribution in [0.4, 0.5) is 0 Å². The molecule has 2 heteroatoms. The van der Waals surface area contributed by atoms with Crippen LogP contribution in [0.3, 0.4) is 0 Å².